The number of thiocarbonyl (C=S) groups is 1. The first-order valence-corrected chi connectivity index (χ1v) is 11.0. The lowest BCUT2D eigenvalue weighted by Gasteiger charge is -2.09. The molecule has 0 unspecified atom stereocenters. The SMILES string of the molecule is CCc1cccnc1NC(=S)N/N=C/c1ccc(C(N)=NC=Nc2ccc(OC(F)(F)F)cc2)cc1. The molecule has 1 aromatic heterocycles. The molecule has 2 aromatic carbocycles. The van der Waals surface area contributed by atoms with Gasteiger partial charge in [0.2, 0.25) is 0 Å². The summed E-state index contributed by atoms with van der Waals surface area (Å²) in [7, 11) is 0. The monoisotopic (exact) mass is 513 g/mol. The van der Waals surface area contributed by atoms with Crippen LogP contribution >= 0.6 is 12.2 Å². The molecule has 36 heavy (non-hydrogen) atoms. The number of hydrazone groups is 1. The van der Waals surface area contributed by atoms with Gasteiger partial charge in [0.15, 0.2) is 5.11 Å². The molecule has 0 saturated heterocycles. The topological polar surface area (TPSA) is 109 Å². The van der Waals surface area contributed by atoms with E-state index in [1.807, 2.05) is 19.1 Å². The number of nitrogens with zero attached hydrogens (tertiary/aromatic N) is 4. The van der Waals surface area contributed by atoms with Gasteiger partial charge in [0.1, 0.15) is 23.7 Å². The second kappa shape index (κ2) is 12.4. The van der Waals surface area contributed by atoms with Crippen molar-refractivity contribution in [3.8, 4) is 5.75 Å². The molecule has 0 aliphatic carbocycles. The second-order valence-electron chi connectivity index (χ2n) is 7.11. The van der Waals surface area contributed by atoms with E-state index in [1.54, 1.807) is 36.7 Å². The second-order valence-corrected chi connectivity index (χ2v) is 7.52. The molecule has 0 bridgehead atoms. The van der Waals surface area contributed by atoms with E-state index in [0.717, 1.165) is 29.7 Å². The van der Waals surface area contributed by atoms with Crippen LogP contribution in [0.1, 0.15) is 23.6 Å². The van der Waals surface area contributed by atoms with Gasteiger partial charge in [-0.25, -0.2) is 15.0 Å². The van der Waals surface area contributed by atoms with Crippen molar-refractivity contribution in [3.05, 3.63) is 83.6 Å². The summed E-state index contributed by atoms with van der Waals surface area (Å²) < 4.78 is 40.4. The third-order valence-electron chi connectivity index (χ3n) is 4.56. The van der Waals surface area contributed by atoms with E-state index >= 15 is 0 Å². The van der Waals surface area contributed by atoms with Gasteiger partial charge in [-0.2, -0.15) is 5.10 Å². The van der Waals surface area contributed by atoms with Crippen molar-refractivity contribution >= 4 is 47.2 Å². The number of rotatable bonds is 8. The number of alkyl halides is 3. The molecular formula is C24H22F3N7OS. The summed E-state index contributed by atoms with van der Waals surface area (Å²) in [6.07, 6.45) is 0.570. The van der Waals surface area contributed by atoms with Gasteiger partial charge in [-0.3, -0.25) is 5.43 Å². The highest BCUT2D eigenvalue weighted by Gasteiger charge is 2.30. The number of aryl methyl sites for hydroxylation is 1. The fourth-order valence-corrected chi connectivity index (χ4v) is 2.99. The van der Waals surface area contributed by atoms with Gasteiger partial charge >= 0.3 is 6.36 Å². The molecule has 0 amide bonds. The predicted octanol–water partition coefficient (Wildman–Crippen LogP) is 4.93. The Morgan fingerprint density at radius 2 is 1.83 bits per heavy atom. The molecule has 3 aromatic rings. The molecule has 3 rings (SSSR count). The quantitative estimate of drug-likeness (QED) is 0.171. The predicted molar refractivity (Wildman–Crippen MR) is 139 cm³/mol. The maximum absolute atomic E-state index is 12.2. The number of halogens is 3. The first-order chi connectivity index (χ1) is 17.2. The van der Waals surface area contributed by atoms with E-state index in [4.69, 9.17) is 18.0 Å². The molecule has 12 heteroatoms. The fraction of sp³-hybridized carbons (Fsp3) is 0.125. The van der Waals surface area contributed by atoms with Crippen molar-refractivity contribution in [2.75, 3.05) is 5.32 Å². The van der Waals surface area contributed by atoms with Crippen LogP contribution in [0.15, 0.2) is 81.9 Å². The van der Waals surface area contributed by atoms with Gasteiger partial charge < -0.3 is 15.8 Å². The molecule has 0 aliphatic heterocycles. The van der Waals surface area contributed by atoms with Crippen LogP contribution in [0.4, 0.5) is 24.7 Å². The highest BCUT2D eigenvalue weighted by Crippen LogP contribution is 2.24. The van der Waals surface area contributed by atoms with Gasteiger partial charge in [-0.15, -0.1) is 13.2 Å². The Labute approximate surface area is 210 Å². The van der Waals surface area contributed by atoms with Crippen molar-refractivity contribution in [1.29, 1.82) is 0 Å². The number of amidine groups is 1. The molecule has 0 spiro atoms. The third kappa shape index (κ3) is 8.47. The lowest BCUT2D eigenvalue weighted by atomic mass is 10.1. The Hall–Kier alpha value is -4.32. The molecule has 0 saturated carbocycles. The van der Waals surface area contributed by atoms with E-state index < -0.39 is 6.36 Å². The average molecular weight is 514 g/mol. The number of aromatic nitrogens is 1. The minimum absolute atomic E-state index is 0.213. The maximum Gasteiger partial charge on any atom is 0.573 e. The van der Waals surface area contributed by atoms with Crippen LogP contribution in [-0.4, -0.2) is 34.8 Å². The number of benzene rings is 2. The molecule has 0 aliphatic rings. The summed E-state index contributed by atoms with van der Waals surface area (Å²) >= 11 is 5.25. The van der Waals surface area contributed by atoms with E-state index in [1.165, 1.54) is 18.5 Å². The minimum atomic E-state index is -4.75. The van der Waals surface area contributed by atoms with Gasteiger partial charge in [-0.05, 0) is 60.1 Å². The third-order valence-corrected chi connectivity index (χ3v) is 4.76. The summed E-state index contributed by atoms with van der Waals surface area (Å²) in [4.78, 5) is 12.4. The van der Waals surface area contributed by atoms with Crippen LogP contribution in [-0.2, 0) is 6.42 Å². The van der Waals surface area contributed by atoms with Crippen LogP contribution in [0.3, 0.4) is 0 Å². The van der Waals surface area contributed by atoms with E-state index in [0.29, 0.717) is 22.2 Å². The number of ether oxygens (including phenoxy) is 1. The molecule has 4 N–H and O–H groups in total. The Morgan fingerprint density at radius 3 is 2.50 bits per heavy atom. The Kier molecular flexibility index (Phi) is 9.06. The minimum Gasteiger partial charge on any atom is -0.406 e. The molecule has 1 heterocycles. The number of nitrogens with one attached hydrogen (secondary N) is 2. The van der Waals surface area contributed by atoms with Gasteiger partial charge in [-0.1, -0.05) is 37.3 Å². The summed E-state index contributed by atoms with van der Waals surface area (Å²) in [5.41, 5.74) is 11.6. The van der Waals surface area contributed by atoms with E-state index in [-0.39, 0.29) is 11.6 Å². The largest absolute Gasteiger partial charge is 0.573 e. The summed E-state index contributed by atoms with van der Waals surface area (Å²) in [5, 5.41) is 7.44. The normalized spacial score (nSPS) is 12.2. The van der Waals surface area contributed by atoms with Crippen molar-refractivity contribution in [2.24, 2.45) is 20.8 Å². The number of hydrogen-bond donors (Lipinski definition) is 3. The number of aliphatic imine (C=N–C) groups is 2. The Bertz CT molecular complexity index is 1260. The van der Waals surface area contributed by atoms with Crippen molar-refractivity contribution in [1.82, 2.24) is 10.4 Å². The number of pyridine rings is 1. The zero-order valence-corrected chi connectivity index (χ0v) is 19.8. The first-order valence-electron chi connectivity index (χ1n) is 10.6. The fourth-order valence-electron chi connectivity index (χ4n) is 2.84. The van der Waals surface area contributed by atoms with Gasteiger partial charge in [0, 0.05) is 11.8 Å². The van der Waals surface area contributed by atoms with Gasteiger partial charge in [0.25, 0.3) is 0 Å². The Morgan fingerprint density at radius 1 is 1.11 bits per heavy atom. The molecular weight excluding hydrogens is 491 g/mol. The smallest absolute Gasteiger partial charge is 0.406 e. The van der Waals surface area contributed by atoms with Crippen LogP contribution in [0.25, 0.3) is 0 Å². The zero-order valence-electron chi connectivity index (χ0n) is 19.0. The van der Waals surface area contributed by atoms with Gasteiger partial charge in [0.05, 0.1) is 11.9 Å². The molecule has 0 fully saturated rings. The van der Waals surface area contributed by atoms with Crippen LogP contribution < -0.4 is 21.2 Å². The molecule has 0 atom stereocenters. The van der Waals surface area contributed by atoms with Crippen LogP contribution in [0, 0.1) is 0 Å². The number of hydrogen-bond acceptors (Lipinski definition) is 5. The summed E-state index contributed by atoms with van der Waals surface area (Å²) in [5.74, 6) is 0.563. The van der Waals surface area contributed by atoms with Crippen molar-refractivity contribution in [3.63, 3.8) is 0 Å². The standard InChI is InChI=1S/C24H22F3N7OS/c1-2-17-4-3-13-29-22(17)33-23(36)34-32-14-16-5-7-18(8-6-16)21(28)31-15-30-19-9-11-20(12-10-19)35-24(25,26)27/h3-15H,2H2,1H3,(H2,28,30,31)(H2,29,33,34,36)/b32-14+. The van der Waals surface area contributed by atoms with E-state index in [2.05, 4.69) is 35.5 Å². The lowest BCUT2D eigenvalue weighted by Crippen LogP contribution is -2.25. The molecule has 186 valence electrons. The molecule has 8 nitrogen and oxygen atoms in total. The number of nitrogens with two attached hydrogens (primary N) is 1. The number of anilines is 1. The summed E-state index contributed by atoms with van der Waals surface area (Å²) in [6, 6.07) is 16.0. The Balaban J connectivity index is 1.52. The molecule has 0 radical (unpaired) electrons. The first kappa shape index (κ1) is 26.3. The average Bonchev–Trinajstić information content (AvgIpc) is 2.85. The maximum atomic E-state index is 12.2. The van der Waals surface area contributed by atoms with E-state index in [9.17, 15) is 13.2 Å². The van der Waals surface area contributed by atoms with Crippen LogP contribution in [0.5, 0.6) is 5.75 Å². The zero-order chi connectivity index (χ0) is 26.0. The van der Waals surface area contributed by atoms with Crippen molar-refractivity contribution < 1.29 is 17.9 Å². The van der Waals surface area contributed by atoms with Crippen molar-refractivity contribution in [2.45, 2.75) is 19.7 Å². The highest BCUT2D eigenvalue weighted by molar-refractivity contribution is 7.80. The lowest BCUT2D eigenvalue weighted by molar-refractivity contribution is -0.274. The highest BCUT2D eigenvalue weighted by atomic mass is 32.1. The summed E-state index contributed by atoms with van der Waals surface area (Å²) in [6.45, 7) is 2.03. The van der Waals surface area contributed by atoms with Crippen LogP contribution in [0.2, 0.25) is 0 Å².